The molecule has 1 unspecified atom stereocenters. The molecule has 1 atom stereocenters. The van der Waals surface area contributed by atoms with Crippen LogP contribution in [-0.2, 0) is 13.2 Å². The highest BCUT2D eigenvalue weighted by Crippen LogP contribution is 2.08. The Morgan fingerprint density at radius 3 is 2.92 bits per heavy atom. The normalized spacial score (nSPS) is 13.2. The molecule has 0 spiro atoms. The molecule has 1 N–H and O–H groups in total. The number of aliphatic hydroxyl groups excluding tert-OH is 1. The molecule has 3 nitrogen and oxygen atoms in total. The van der Waals surface area contributed by atoms with E-state index >= 15 is 0 Å². The third-order valence-corrected chi connectivity index (χ3v) is 2.15. The maximum absolute atomic E-state index is 8.84. The van der Waals surface area contributed by atoms with Gasteiger partial charge in [0.25, 0.3) is 0 Å². The van der Waals surface area contributed by atoms with Gasteiger partial charge in [0.1, 0.15) is 0 Å². The van der Waals surface area contributed by atoms with Crippen molar-refractivity contribution in [1.82, 2.24) is 9.78 Å². The van der Waals surface area contributed by atoms with Crippen LogP contribution >= 0.6 is 0 Å². The Balaban J connectivity index is 2.44. The summed E-state index contributed by atoms with van der Waals surface area (Å²) >= 11 is 0. The number of aliphatic hydroxyl groups is 1. The zero-order valence-corrected chi connectivity index (χ0v) is 8.40. The van der Waals surface area contributed by atoms with Crippen LogP contribution in [0.15, 0.2) is 12.4 Å². The van der Waals surface area contributed by atoms with Crippen LogP contribution in [0.2, 0.25) is 0 Å². The Kier molecular flexibility index (Phi) is 3.96. The summed E-state index contributed by atoms with van der Waals surface area (Å²) in [4.78, 5) is 0. The fourth-order valence-electron chi connectivity index (χ4n) is 1.49. The Morgan fingerprint density at radius 1 is 1.62 bits per heavy atom. The summed E-state index contributed by atoms with van der Waals surface area (Å²) in [7, 11) is 0. The summed E-state index contributed by atoms with van der Waals surface area (Å²) in [5.74, 6) is 0.663. The molecule has 0 saturated heterocycles. The van der Waals surface area contributed by atoms with Gasteiger partial charge in [-0.15, -0.1) is 0 Å². The average Bonchev–Trinajstić information content (AvgIpc) is 2.52. The van der Waals surface area contributed by atoms with E-state index in [1.54, 1.807) is 6.20 Å². The van der Waals surface area contributed by atoms with Crippen LogP contribution in [0.1, 0.15) is 32.3 Å². The van der Waals surface area contributed by atoms with Gasteiger partial charge in [-0.3, -0.25) is 4.68 Å². The van der Waals surface area contributed by atoms with Crippen molar-refractivity contribution in [3.63, 3.8) is 0 Å². The van der Waals surface area contributed by atoms with Crippen LogP contribution < -0.4 is 0 Å². The van der Waals surface area contributed by atoms with E-state index in [1.807, 2.05) is 10.9 Å². The minimum absolute atomic E-state index is 0.0855. The lowest BCUT2D eigenvalue weighted by molar-refractivity contribution is 0.281. The van der Waals surface area contributed by atoms with E-state index in [-0.39, 0.29) is 6.61 Å². The summed E-state index contributed by atoms with van der Waals surface area (Å²) in [6, 6.07) is 0. The molecule has 0 aliphatic carbocycles. The van der Waals surface area contributed by atoms with Crippen LogP contribution in [0, 0.1) is 5.92 Å². The van der Waals surface area contributed by atoms with E-state index < -0.39 is 0 Å². The lowest BCUT2D eigenvalue weighted by atomic mass is 10.1. The first kappa shape index (κ1) is 10.3. The Morgan fingerprint density at radius 2 is 2.38 bits per heavy atom. The van der Waals surface area contributed by atoms with Gasteiger partial charge in [0.15, 0.2) is 0 Å². The number of nitrogens with zero attached hydrogens (tertiary/aromatic N) is 2. The zero-order chi connectivity index (χ0) is 9.68. The smallest absolute Gasteiger partial charge is 0.0712 e. The van der Waals surface area contributed by atoms with Gasteiger partial charge in [-0.05, 0) is 12.3 Å². The maximum atomic E-state index is 8.84. The van der Waals surface area contributed by atoms with Gasteiger partial charge in [-0.1, -0.05) is 20.3 Å². The zero-order valence-electron chi connectivity index (χ0n) is 8.40. The molecule has 13 heavy (non-hydrogen) atoms. The van der Waals surface area contributed by atoms with Crippen LogP contribution in [-0.4, -0.2) is 14.9 Å². The largest absolute Gasteiger partial charge is 0.392 e. The summed E-state index contributed by atoms with van der Waals surface area (Å²) < 4.78 is 1.91. The number of aromatic nitrogens is 2. The van der Waals surface area contributed by atoms with Crippen molar-refractivity contribution in [2.75, 3.05) is 0 Å². The van der Waals surface area contributed by atoms with Crippen molar-refractivity contribution in [2.45, 2.75) is 39.8 Å². The first-order valence-corrected chi connectivity index (χ1v) is 4.88. The lowest BCUT2D eigenvalue weighted by Crippen LogP contribution is -2.07. The minimum Gasteiger partial charge on any atom is -0.392 e. The average molecular weight is 182 g/mol. The van der Waals surface area contributed by atoms with Gasteiger partial charge in [0, 0.05) is 18.3 Å². The molecule has 0 fully saturated rings. The van der Waals surface area contributed by atoms with Crippen LogP contribution in [0.4, 0.5) is 0 Å². The first-order chi connectivity index (χ1) is 6.26. The highest BCUT2D eigenvalue weighted by atomic mass is 16.3. The summed E-state index contributed by atoms with van der Waals surface area (Å²) in [6.07, 6.45) is 6.08. The second-order valence-corrected chi connectivity index (χ2v) is 3.62. The molecule has 1 rings (SSSR count). The highest BCUT2D eigenvalue weighted by Gasteiger charge is 2.03. The monoisotopic (exact) mass is 182 g/mol. The minimum atomic E-state index is 0.0855. The van der Waals surface area contributed by atoms with Gasteiger partial charge in [-0.25, -0.2) is 0 Å². The van der Waals surface area contributed by atoms with Gasteiger partial charge in [0.05, 0.1) is 12.8 Å². The SMILES string of the molecule is CCCC(C)Cn1cc(CO)cn1. The van der Waals surface area contributed by atoms with Crippen molar-refractivity contribution in [1.29, 1.82) is 0 Å². The molecular formula is C10H18N2O. The molecule has 0 bridgehead atoms. The predicted octanol–water partition coefficient (Wildman–Crippen LogP) is 1.81. The molecule has 0 aliphatic rings. The second kappa shape index (κ2) is 5.02. The van der Waals surface area contributed by atoms with Gasteiger partial charge >= 0.3 is 0 Å². The molecule has 0 aromatic carbocycles. The lowest BCUT2D eigenvalue weighted by Gasteiger charge is -2.09. The molecular weight excluding hydrogens is 164 g/mol. The number of hydrogen-bond acceptors (Lipinski definition) is 2. The van der Waals surface area contributed by atoms with Gasteiger partial charge in [0.2, 0.25) is 0 Å². The molecule has 1 aromatic heterocycles. The predicted molar refractivity (Wildman–Crippen MR) is 52.2 cm³/mol. The second-order valence-electron chi connectivity index (χ2n) is 3.62. The fourth-order valence-corrected chi connectivity index (χ4v) is 1.49. The summed E-state index contributed by atoms with van der Waals surface area (Å²) in [5, 5.41) is 13.0. The summed E-state index contributed by atoms with van der Waals surface area (Å²) in [6.45, 7) is 5.46. The quantitative estimate of drug-likeness (QED) is 0.754. The Hall–Kier alpha value is -0.830. The molecule has 0 amide bonds. The molecule has 0 saturated carbocycles. The molecule has 0 aliphatic heterocycles. The van der Waals surface area contributed by atoms with Crippen LogP contribution in [0.5, 0.6) is 0 Å². The van der Waals surface area contributed by atoms with E-state index in [0.29, 0.717) is 5.92 Å². The molecule has 1 heterocycles. The van der Waals surface area contributed by atoms with Crippen molar-refractivity contribution < 1.29 is 5.11 Å². The Labute approximate surface area is 79.4 Å². The molecule has 1 aromatic rings. The van der Waals surface area contributed by atoms with Gasteiger partial charge < -0.3 is 5.11 Å². The standard InChI is InChI=1S/C10H18N2O/c1-3-4-9(2)6-12-7-10(8-13)5-11-12/h5,7,9,13H,3-4,6,8H2,1-2H3. The molecule has 3 heteroatoms. The van der Waals surface area contributed by atoms with Gasteiger partial charge in [-0.2, -0.15) is 5.10 Å². The topological polar surface area (TPSA) is 38.0 Å². The van der Waals surface area contributed by atoms with E-state index in [2.05, 4.69) is 18.9 Å². The molecule has 0 radical (unpaired) electrons. The molecule has 74 valence electrons. The van der Waals surface area contributed by atoms with Crippen molar-refractivity contribution >= 4 is 0 Å². The number of rotatable bonds is 5. The van der Waals surface area contributed by atoms with Crippen molar-refractivity contribution in [2.24, 2.45) is 5.92 Å². The third-order valence-electron chi connectivity index (χ3n) is 2.15. The summed E-state index contributed by atoms with van der Waals surface area (Å²) in [5.41, 5.74) is 0.892. The van der Waals surface area contributed by atoms with E-state index in [1.165, 1.54) is 12.8 Å². The highest BCUT2D eigenvalue weighted by molar-refractivity contribution is 5.01. The fraction of sp³-hybridized carbons (Fsp3) is 0.700. The van der Waals surface area contributed by atoms with Crippen LogP contribution in [0.3, 0.4) is 0 Å². The Bertz CT molecular complexity index is 245. The number of hydrogen-bond donors (Lipinski definition) is 1. The van der Waals surface area contributed by atoms with E-state index in [4.69, 9.17) is 5.11 Å². The van der Waals surface area contributed by atoms with Crippen molar-refractivity contribution in [3.8, 4) is 0 Å². The maximum Gasteiger partial charge on any atom is 0.0712 e. The van der Waals surface area contributed by atoms with E-state index in [9.17, 15) is 0 Å². The van der Waals surface area contributed by atoms with Crippen LogP contribution in [0.25, 0.3) is 0 Å². The van der Waals surface area contributed by atoms with Crippen molar-refractivity contribution in [3.05, 3.63) is 18.0 Å². The third kappa shape index (κ3) is 3.19. The first-order valence-electron chi connectivity index (χ1n) is 4.88. The van der Waals surface area contributed by atoms with E-state index in [0.717, 1.165) is 12.1 Å².